The first-order valence-corrected chi connectivity index (χ1v) is 12.5. The van der Waals surface area contributed by atoms with Gasteiger partial charge < -0.3 is 5.32 Å². The van der Waals surface area contributed by atoms with Crippen molar-refractivity contribution in [2.75, 3.05) is 10.6 Å². The second-order valence-electron chi connectivity index (χ2n) is 7.62. The lowest BCUT2D eigenvalue weighted by molar-refractivity contribution is 0.0940. The van der Waals surface area contributed by atoms with Gasteiger partial charge in [0.2, 0.25) is 10.0 Å². The van der Waals surface area contributed by atoms with Gasteiger partial charge in [-0.05, 0) is 55.8 Å². The third kappa shape index (κ3) is 5.82. The Labute approximate surface area is 199 Å². The number of anilines is 1. The normalized spacial score (nSPS) is 12.3. The van der Waals surface area contributed by atoms with E-state index in [4.69, 9.17) is 23.2 Å². The molecule has 3 rings (SSSR count). The third-order valence-electron chi connectivity index (χ3n) is 5.11. The number of hydrogen-bond donors (Lipinski definition) is 1. The van der Waals surface area contributed by atoms with E-state index >= 15 is 0 Å². The summed E-state index contributed by atoms with van der Waals surface area (Å²) in [5.74, 6) is -0.246. The first-order chi connectivity index (χ1) is 15.1. The van der Waals surface area contributed by atoms with Gasteiger partial charge in [-0.15, -0.1) is 0 Å². The zero-order chi connectivity index (χ0) is 23.5. The topological polar surface area (TPSA) is 66.5 Å². The Morgan fingerprint density at radius 1 is 0.969 bits per heavy atom. The van der Waals surface area contributed by atoms with Crippen molar-refractivity contribution in [2.45, 2.75) is 26.4 Å². The summed E-state index contributed by atoms with van der Waals surface area (Å²) in [5.41, 5.74) is 3.50. The average Bonchev–Trinajstić information content (AvgIpc) is 2.73. The van der Waals surface area contributed by atoms with Crippen LogP contribution in [0.15, 0.2) is 66.7 Å². The molecule has 0 spiro atoms. The maximum absolute atomic E-state index is 12.7. The van der Waals surface area contributed by atoms with Gasteiger partial charge in [0.1, 0.15) is 0 Å². The van der Waals surface area contributed by atoms with Gasteiger partial charge in [-0.3, -0.25) is 9.10 Å². The molecule has 5 nitrogen and oxygen atoms in total. The molecule has 0 unspecified atom stereocenters. The summed E-state index contributed by atoms with van der Waals surface area (Å²) in [6.07, 6.45) is 1.11. The standard InChI is InChI=1S/C24H24Cl2N2O3S/c1-16-7-9-18(10-8-16)17(2)27-24(29)19-11-13-20(14-12-19)28(32(3,30)31)15-21-22(25)5-4-6-23(21)26/h4-14,17H,15H2,1-3H3,(H,27,29)/t17-/m1/s1. The highest BCUT2D eigenvalue weighted by molar-refractivity contribution is 7.92. The third-order valence-corrected chi connectivity index (χ3v) is 6.95. The molecule has 0 heterocycles. The van der Waals surface area contributed by atoms with Gasteiger partial charge in [-0.2, -0.15) is 0 Å². The van der Waals surface area contributed by atoms with Crippen LogP contribution in [0.2, 0.25) is 10.0 Å². The summed E-state index contributed by atoms with van der Waals surface area (Å²) in [7, 11) is -3.63. The minimum absolute atomic E-state index is 0.0205. The van der Waals surface area contributed by atoms with Gasteiger partial charge in [0.05, 0.1) is 24.5 Å². The molecule has 0 saturated heterocycles. The number of amides is 1. The van der Waals surface area contributed by atoms with Crippen molar-refractivity contribution in [2.24, 2.45) is 0 Å². The average molecular weight is 491 g/mol. The minimum Gasteiger partial charge on any atom is -0.346 e. The maximum Gasteiger partial charge on any atom is 0.251 e. The number of benzene rings is 3. The van der Waals surface area contributed by atoms with Crippen molar-refractivity contribution in [3.63, 3.8) is 0 Å². The van der Waals surface area contributed by atoms with E-state index in [2.05, 4.69) is 5.32 Å². The summed E-state index contributed by atoms with van der Waals surface area (Å²) in [4.78, 5) is 12.7. The van der Waals surface area contributed by atoms with Crippen molar-refractivity contribution in [1.82, 2.24) is 5.32 Å². The second-order valence-corrected chi connectivity index (χ2v) is 10.3. The Morgan fingerprint density at radius 3 is 2.06 bits per heavy atom. The predicted octanol–water partition coefficient (Wildman–Crippen LogP) is 5.76. The molecule has 3 aromatic carbocycles. The van der Waals surface area contributed by atoms with Gasteiger partial charge in [0.25, 0.3) is 5.91 Å². The van der Waals surface area contributed by atoms with Crippen molar-refractivity contribution < 1.29 is 13.2 Å². The van der Waals surface area contributed by atoms with E-state index in [0.717, 1.165) is 17.4 Å². The summed E-state index contributed by atoms with van der Waals surface area (Å²) in [6.45, 7) is 3.90. The van der Waals surface area contributed by atoms with E-state index in [1.165, 1.54) is 4.31 Å². The summed E-state index contributed by atoms with van der Waals surface area (Å²) in [5, 5.41) is 3.72. The summed E-state index contributed by atoms with van der Waals surface area (Å²) >= 11 is 12.5. The van der Waals surface area contributed by atoms with Crippen LogP contribution in [0.5, 0.6) is 0 Å². The fourth-order valence-corrected chi connectivity index (χ4v) is 4.61. The van der Waals surface area contributed by atoms with Crippen molar-refractivity contribution >= 4 is 44.8 Å². The van der Waals surface area contributed by atoms with Crippen LogP contribution >= 0.6 is 23.2 Å². The fourth-order valence-electron chi connectivity index (χ4n) is 3.22. The van der Waals surface area contributed by atoms with Crippen LogP contribution < -0.4 is 9.62 Å². The van der Waals surface area contributed by atoms with Gasteiger partial charge in [0.15, 0.2) is 0 Å². The first-order valence-electron chi connectivity index (χ1n) is 9.94. The van der Waals surface area contributed by atoms with E-state index in [1.807, 2.05) is 38.1 Å². The van der Waals surface area contributed by atoms with E-state index in [-0.39, 0.29) is 18.5 Å². The lowest BCUT2D eigenvalue weighted by Gasteiger charge is -2.24. The molecule has 0 aliphatic heterocycles. The second kappa shape index (κ2) is 9.94. The van der Waals surface area contributed by atoms with Crippen LogP contribution in [0.4, 0.5) is 5.69 Å². The number of aryl methyl sites for hydroxylation is 1. The number of hydrogen-bond acceptors (Lipinski definition) is 3. The van der Waals surface area contributed by atoms with Crippen LogP contribution in [0, 0.1) is 6.92 Å². The molecule has 0 aliphatic carbocycles. The van der Waals surface area contributed by atoms with Gasteiger partial charge in [-0.1, -0.05) is 59.1 Å². The van der Waals surface area contributed by atoms with Crippen LogP contribution in [-0.4, -0.2) is 20.6 Å². The van der Waals surface area contributed by atoms with Crippen LogP contribution in [0.25, 0.3) is 0 Å². The Kier molecular flexibility index (Phi) is 7.49. The molecule has 3 aromatic rings. The van der Waals surface area contributed by atoms with Crippen molar-refractivity contribution in [3.8, 4) is 0 Å². The van der Waals surface area contributed by atoms with Crippen molar-refractivity contribution in [1.29, 1.82) is 0 Å². The number of rotatable bonds is 7. The first kappa shape index (κ1) is 24.1. The number of nitrogens with zero attached hydrogens (tertiary/aromatic N) is 1. The number of sulfonamides is 1. The largest absolute Gasteiger partial charge is 0.346 e. The lowest BCUT2D eigenvalue weighted by atomic mass is 10.1. The van der Waals surface area contributed by atoms with E-state index in [0.29, 0.717) is 26.9 Å². The van der Waals surface area contributed by atoms with Crippen molar-refractivity contribution in [3.05, 3.63) is 99.0 Å². The van der Waals surface area contributed by atoms with E-state index in [9.17, 15) is 13.2 Å². The number of carbonyl (C=O) groups is 1. The zero-order valence-electron chi connectivity index (χ0n) is 18.0. The molecule has 0 aliphatic rings. The van der Waals surface area contributed by atoms with Crippen LogP contribution in [0.3, 0.4) is 0 Å². The fraction of sp³-hybridized carbons (Fsp3) is 0.208. The number of nitrogens with one attached hydrogen (secondary N) is 1. The lowest BCUT2D eigenvalue weighted by Crippen LogP contribution is -2.30. The molecule has 0 radical (unpaired) electrons. The van der Waals surface area contributed by atoms with E-state index < -0.39 is 10.0 Å². The van der Waals surface area contributed by atoms with Gasteiger partial charge in [-0.25, -0.2) is 8.42 Å². The molecule has 1 amide bonds. The molecule has 0 aromatic heterocycles. The highest BCUT2D eigenvalue weighted by atomic mass is 35.5. The monoisotopic (exact) mass is 490 g/mol. The molecule has 32 heavy (non-hydrogen) atoms. The van der Waals surface area contributed by atoms with Crippen LogP contribution in [0.1, 0.15) is 40.0 Å². The number of carbonyl (C=O) groups excluding carboxylic acids is 1. The molecular formula is C24H24Cl2N2O3S. The molecular weight excluding hydrogens is 467 g/mol. The highest BCUT2D eigenvalue weighted by Crippen LogP contribution is 2.29. The number of halogens is 2. The Morgan fingerprint density at radius 2 is 1.53 bits per heavy atom. The molecule has 0 fully saturated rings. The SMILES string of the molecule is Cc1ccc([C@@H](C)NC(=O)c2ccc(N(Cc3c(Cl)cccc3Cl)S(C)(=O)=O)cc2)cc1. The van der Waals surface area contributed by atoms with Gasteiger partial charge in [0, 0.05) is 21.2 Å². The maximum atomic E-state index is 12.7. The molecule has 8 heteroatoms. The zero-order valence-corrected chi connectivity index (χ0v) is 20.3. The van der Waals surface area contributed by atoms with Gasteiger partial charge >= 0.3 is 0 Å². The minimum atomic E-state index is -3.63. The Balaban J connectivity index is 1.80. The molecule has 0 saturated carbocycles. The molecule has 0 bridgehead atoms. The Bertz CT molecular complexity index is 1190. The smallest absolute Gasteiger partial charge is 0.251 e. The highest BCUT2D eigenvalue weighted by Gasteiger charge is 2.21. The molecule has 1 N–H and O–H groups in total. The molecule has 1 atom stereocenters. The summed E-state index contributed by atoms with van der Waals surface area (Å²) in [6, 6.07) is 19.2. The summed E-state index contributed by atoms with van der Waals surface area (Å²) < 4.78 is 26.1. The Hall–Kier alpha value is -2.54. The molecule has 168 valence electrons. The quantitative estimate of drug-likeness (QED) is 0.457. The van der Waals surface area contributed by atoms with E-state index in [1.54, 1.807) is 42.5 Å². The predicted molar refractivity (Wildman–Crippen MR) is 131 cm³/mol. The van der Waals surface area contributed by atoms with Crippen LogP contribution in [-0.2, 0) is 16.6 Å².